The Morgan fingerprint density at radius 2 is 1.77 bits per heavy atom. The number of likely N-dealkylation sites (N-methyl/N-ethyl adjacent to an activating group) is 2. The Balaban J connectivity index is 1.54. The molecule has 2 aromatic heterocycles. The fourth-order valence-electron chi connectivity index (χ4n) is 4.97. The lowest BCUT2D eigenvalue weighted by atomic mass is 10.0. The van der Waals surface area contributed by atoms with Gasteiger partial charge in [0.15, 0.2) is 23.0 Å². The van der Waals surface area contributed by atoms with E-state index in [0.717, 1.165) is 10.8 Å². The normalized spacial score (nSPS) is 12.3. The number of ether oxygens (including phenoxy) is 4. The minimum absolute atomic E-state index is 0.0664. The molecule has 0 fully saturated rings. The first-order valence-electron chi connectivity index (χ1n) is 13.9. The molecule has 43 heavy (non-hydrogen) atoms. The van der Waals surface area contributed by atoms with Crippen LogP contribution in [0, 0.1) is 0 Å². The number of nitrogens with one attached hydrogen (secondary N) is 1. The number of rotatable bonds is 11. The molecule has 2 amide bonds. The van der Waals surface area contributed by atoms with Crippen molar-refractivity contribution < 1.29 is 33.6 Å². The van der Waals surface area contributed by atoms with Crippen LogP contribution in [0.4, 0.5) is 4.79 Å². The highest BCUT2D eigenvalue weighted by molar-refractivity contribution is 6.15. The summed E-state index contributed by atoms with van der Waals surface area (Å²) in [4.78, 5) is 46.8. The minimum atomic E-state index is -0.681. The van der Waals surface area contributed by atoms with Gasteiger partial charge in [0, 0.05) is 74.7 Å². The maximum atomic E-state index is 14.1. The minimum Gasteiger partial charge on any atom is -0.493 e. The van der Waals surface area contributed by atoms with Crippen LogP contribution >= 0.6 is 0 Å². The third-order valence-corrected chi connectivity index (χ3v) is 7.28. The molecule has 0 saturated carbocycles. The summed E-state index contributed by atoms with van der Waals surface area (Å²) in [5, 5.41) is 14.0. The van der Waals surface area contributed by atoms with Gasteiger partial charge < -0.3 is 43.7 Å². The monoisotopic (exact) mass is 593 g/mol. The Hall–Kier alpha value is -4.62. The number of amides is 2. The molecule has 0 bridgehead atoms. The van der Waals surface area contributed by atoms with Gasteiger partial charge in [0.1, 0.15) is 0 Å². The van der Waals surface area contributed by atoms with Gasteiger partial charge in [-0.15, -0.1) is 0 Å². The van der Waals surface area contributed by atoms with E-state index in [4.69, 9.17) is 24.1 Å². The lowest BCUT2D eigenvalue weighted by Crippen LogP contribution is -2.37. The number of fused-ring (bicyclic) bond motifs is 6. The second kappa shape index (κ2) is 12.7. The highest BCUT2D eigenvalue weighted by Crippen LogP contribution is 2.40. The molecule has 2 aromatic carbocycles. The Kier molecular flexibility index (Phi) is 8.83. The van der Waals surface area contributed by atoms with Gasteiger partial charge in [0.2, 0.25) is 12.7 Å². The average Bonchev–Trinajstić information content (AvgIpc) is 3.45. The number of benzene rings is 2. The first-order chi connectivity index (χ1) is 20.7. The Morgan fingerprint density at radius 1 is 1.02 bits per heavy atom. The van der Waals surface area contributed by atoms with E-state index in [0.29, 0.717) is 52.8 Å². The molecule has 13 heteroatoms. The number of pyridine rings is 2. The first-order valence-corrected chi connectivity index (χ1v) is 13.9. The predicted octanol–water partition coefficient (Wildman–Crippen LogP) is 2.32. The molecule has 0 aliphatic carbocycles. The molecular weight excluding hydrogens is 558 g/mol. The van der Waals surface area contributed by atoms with Crippen molar-refractivity contribution in [1.29, 1.82) is 0 Å². The zero-order valence-corrected chi connectivity index (χ0v) is 24.6. The van der Waals surface area contributed by atoms with Crippen molar-refractivity contribution in [2.24, 2.45) is 0 Å². The van der Waals surface area contributed by atoms with Crippen LogP contribution in [0.15, 0.2) is 35.3 Å². The molecule has 228 valence electrons. The Labute approximate surface area is 247 Å². The molecule has 0 saturated heterocycles. The van der Waals surface area contributed by atoms with Crippen molar-refractivity contribution in [3.63, 3.8) is 0 Å². The zero-order valence-electron chi connectivity index (χ0n) is 24.6. The van der Waals surface area contributed by atoms with Gasteiger partial charge in [-0.3, -0.25) is 14.6 Å². The maximum Gasteiger partial charge on any atom is 0.415 e. The number of hydrogen-bond donors (Lipinski definition) is 2. The summed E-state index contributed by atoms with van der Waals surface area (Å²) in [6.07, 6.45) is 1.62. The fourth-order valence-corrected chi connectivity index (χ4v) is 4.97. The van der Waals surface area contributed by atoms with Crippen molar-refractivity contribution in [2.75, 3.05) is 61.3 Å². The van der Waals surface area contributed by atoms with Gasteiger partial charge in [-0.1, -0.05) is 0 Å². The average molecular weight is 594 g/mol. The van der Waals surface area contributed by atoms with Crippen LogP contribution in [0.1, 0.15) is 12.8 Å². The van der Waals surface area contributed by atoms with Crippen LogP contribution in [-0.4, -0.2) is 97.7 Å². The number of aliphatic hydroxyl groups excluding tert-OH is 1. The van der Waals surface area contributed by atoms with Crippen molar-refractivity contribution >= 4 is 44.6 Å². The topological polar surface area (TPSA) is 145 Å². The molecule has 0 radical (unpaired) electrons. The molecule has 3 heterocycles. The summed E-state index contributed by atoms with van der Waals surface area (Å²) in [6.45, 7) is 1.47. The van der Waals surface area contributed by atoms with E-state index in [-0.39, 0.29) is 55.9 Å². The number of carbonyl (C=O) groups excluding carboxylic acids is 2. The van der Waals surface area contributed by atoms with E-state index in [1.54, 1.807) is 23.9 Å². The third kappa shape index (κ3) is 6.13. The fraction of sp³-hybridized carbons (Fsp3) is 0.400. The Bertz CT molecular complexity index is 1750. The van der Waals surface area contributed by atoms with Gasteiger partial charge in [-0.05, 0) is 38.7 Å². The standard InChI is InChI=1S/C30H35N5O8/c1-33(2)9-10-35-28-20-14-24-25(42-17-41-24)15-22(20)32-16-21(28)18-12-23(40-4)26(13-19(18)29(35)38)43-30(39)34(3)8-7-31-27(37)6-5-11-36/h12-16,36H,5-11,17H2,1-4H3,(H,31,37). The number of aromatic nitrogens is 2. The van der Waals surface area contributed by atoms with Crippen LogP contribution in [-0.2, 0) is 11.3 Å². The van der Waals surface area contributed by atoms with Crippen molar-refractivity contribution in [1.82, 2.24) is 24.7 Å². The second-order valence-corrected chi connectivity index (χ2v) is 10.5. The second-order valence-electron chi connectivity index (χ2n) is 10.5. The predicted molar refractivity (Wildman–Crippen MR) is 160 cm³/mol. The van der Waals surface area contributed by atoms with Gasteiger partial charge in [-0.25, -0.2) is 4.79 Å². The highest BCUT2D eigenvalue weighted by atomic mass is 16.7. The van der Waals surface area contributed by atoms with Gasteiger partial charge in [-0.2, -0.15) is 0 Å². The first kappa shape index (κ1) is 29.9. The Morgan fingerprint density at radius 3 is 2.49 bits per heavy atom. The van der Waals surface area contributed by atoms with Crippen molar-refractivity contribution in [3.05, 3.63) is 40.8 Å². The van der Waals surface area contributed by atoms with Gasteiger partial charge in [0.05, 0.1) is 23.5 Å². The molecule has 0 atom stereocenters. The molecule has 0 unspecified atom stereocenters. The largest absolute Gasteiger partial charge is 0.493 e. The number of nitrogens with zero attached hydrogens (tertiary/aromatic N) is 4. The molecule has 1 aliphatic rings. The molecule has 13 nitrogen and oxygen atoms in total. The van der Waals surface area contributed by atoms with E-state index >= 15 is 0 Å². The SMILES string of the molecule is COc1cc2c(cc1OC(=O)N(C)CCNC(=O)CCCO)c(=O)n(CCN(C)C)c1c3cc4c(cc3ncc21)OCO4. The van der Waals surface area contributed by atoms with Crippen LogP contribution in [0.2, 0.25) is 0 Å². The molecule has 5 rings (SSSR count). The van der Waals surface area contributed by atoms with Crippen LogP contribution < -0.4 is 29.8 Å². The van der Waals surface area contributed by atoms with Gasteiger partial charge >= 0.3 is 6.09 Å². The van der Waals surface area contributed by atoms with E-state index in [1.807, 2.05) is 31.1 Å². The summed E-state index contributed by atoms with van der Waals surface area (Å²) < 4.78 is 24.1. The highest BCUT2D eigenvalue weighted by Gasteiger charge is 2.22. The summed E-state index contributed by atoms with van der Waals surface area (Å²) in [5.41, 5.74) is 1.11. The maximum absolute atomic E-state index is 14.1. The van der Waals surface area contributed by atoms with Crippen molar-refractivity contribution in [3.8, 4) is 23.0 Å². The summed E-state index contributed by atoms with van der Waals surface area (Å²) in [5.74, 6) is 1.33. The summed E-state index contributed by atoms with van der Waals surface area (Å²) in [6, 6.07) is 6.86. The summed E-state index contributed by atoms with van der Waals surface area (Å²) in [7, 11) is 6.87. The van der Waals surface area contributed by atoms with Crippen LogP contribution in [0.5, 0.6) is 23.0 Å². The molecule has 1 aliphatic heterocycles. The van der Waals surface area contributed by atoms with Crippen LogP contribution in [0.3, 0.4) is 0 Å². The lowest BCUT2D eigenvalue weighted by molar-refractivity contribution is -0.121. The molecule has 4 aromatic rings. The quantitative estimate of drug-likeness (QED) is 0.249. The van der Waals surface area contributed by atoms with Gasteiger partial charge in [0.25, 0.3) is 5.56 Å². The lowest BCUT2D eigenvalue weighted by Gasteiger charge is -2.20. The number of aliphatic hydroxyl groups is 1. The molecular formula is C30H35N5O8. The molecule has 2 N–H and O–H groups in total. The van der Waals surface area contributed by atoms with E-state index in [9.17, 15) is 14.4 Å². The number of methoxy groups -OCH3 is 1. The number of hydrogen-bond acceptors (Lipinski definition) is 10. The van der Waals surface area contributed by atoms with Crippen LogP contribution in [0.25, 0.3) is 32.6 Å². The van der Waals surface area contributed by atoms with Crippen molar-refractivity contribution in [2.45, 2.75) is 19.4 Å². The molecule has 0 spiro atoms. The smallest absolute Gasteiger partial charge is 0.415 e. The zero-order chi connectivity index (χ0) is 30.7. The summed E-state index contributed by atoms with van der Waals surface area (Å²) >= 11 is 0. The van der Waals surface area contributed by atoms with E-state index in [1.165, 1.54) is 18.1 Å². The van der Waals surface area contributed by atoms with E-state index < -0.39 is 6.09 Å². The van der Waals surface area contributed by atoms with E-state index in [2.05, 4.69) is 10.3 Å². The number of carbonyl (C=O) groups is 2. The third-order valence-electron chi connectivity index (χ3n) is 7.28.